The summed E-state index contributed by atoms with van der Waals surface area (Å²) in [4.78, 5) is 17.0. The molecule has 11 heteroatoms. The summed E-state index contributed by atoms with van der Waals surface area (Å²) in [6.45, 7) is 2.56. The van der Waals surface area contributed by atoms with Crippen LogP contribution in [0.25, 0.3) is 0 Å². The maximum atomic E-state index is 13.0. The van der Waals surface area contributed by atoms with E-state index in [1.54, 1.807) is 36.3 Å². The van der Waals surface area contributed by atoms with Gasteiger partial charge in [-0.3, -0.25) is 9.52 Å². The van der Waals surface area contributed by atoms with Gasteiger partial charge in [-0.05, 0) is 58.4 Å². The third-order valence-electron chi connectivity index (χ3n) is 5.25. The molecule has 33 heavy (non-hydrogen) atoms. The molecule has 1 aliphatic rings. The molecule has 1 amide bonds. The number of ether oxygens (including phenoxy) is 1. The number of methoxy groups -OCH3 is 1. The maximum absolute atomic E-state index is 13.0. The largest absolute Gasteiger partial charge is 0.495 e. The van der Waals surface area contributed by atoms with E-state index in [1.807, 2.05) is 24.3 Å². The molecule has 0 spiro atoms. The van der Waals surface area contributed by atoms with Crippen LogP contribution in [-0.2, 0) is 10.0 Å². The van der Waals surface area contributed by atoms with Gasteiger partial charge in [-0.15, -0.1) is 11.3 Å². The zero-order chi connectivity index (χ0) is 23.6. The highest BCUT2D eigenvalue weighted by atomic mass is 79.9. The zero-order valence-electron chi connectivity index (χ0n) is 17.6. The first-order valence-electron chi connectivity index (χ1n) is 10.0. The van der Waals surface area contributed by atoms with Gasteiger partial charge < -0.3 is 14.5 Å². The highest BCUT2D eigenvalue weighted by Crippen LogP contribution is 2.35. The Morgan fingerprint density at radius 3 is 2.36 bits per heavy atom. The minimum Gasteiger partial charge on any atom is -0.495 e. The molecule has 1 aliphatic heterocycles. The number of piperazine rings is 1. The van der Waals surface area contributed by atoms with Gasteiger partial charge >= 0.3 is 0 Å². The third-order valence-corrected chi connectivity index (χ3v) is 9.58. The number of thiophene rings is 1. The molecule has 1 fully saturated rings. The number of amides is 1. The highest BCUT2D eigenvalue weighted by Gasteiger charge is 2.24. The normalized spacial score (nSPS) is 14.3. The number of sulfonamides is 1. The SMILES string of the molecule is COc1ccccc1N1CCN(C(=O)c2ccc(NS(=O)(=O)c3sc(Cl)cc3Br)cc2)CC1. The summed E-state index contributed by atoms with van der Waals surface area (Å²) in [7, 11) is -2.14. The van der Waals surface area contributed by atoms with E-state index < -0.39 is 10.0 Å². The van der Waals surface area contributed by atoms with Crippen LogP contribution in [0.1, 0.15) is 10.4 Å². The molecule has 0 aliphatic carbocycles. The topological polar surface area (TPSA) is 79.0 Å². The van der Waals surface area contributed by atoms with Gasteiger partial charge in [-0.1, -0.05) is 23.7 Å². The summed E-state index contributed by atoms with van der Waals surface area (Å²) in [6, 6.07) is 15.8. The lowest BCUT2D eigenvalue weighted by atomic mass is 10.1. The smallest absolute Gasteiger partial charge is 0.272 e. The van der Waals surface area contributed by atoms with Gasteiger partial charge in [0.05, 0.1) is 21.6 Å². The number of carbonyl (C=O) groups is 1. The number of nitrogens with one attached hydrogen (secondary N) is 1. The number of anilines is 2. The standard InChI is InChI=1S/C22H21BrClN3O4S2/c1-31-19-5-3-2-4-18(19)26-10-12-27(13-11-26)21(28)15-6-8-16(9-7-15)25-33(29,30)22-17(23)14-20(24)32-22/h2-9,14,25H,10-13H2,1H3. The predicted octanol–water partition coefficient (Wildman–Crippen LogP) is 4.94. The number of carbonyl (C=O) groups excluding carboxylic acids is 1. The van der Waals surface area contributed by atoms with Crippen LogP contribution in [0.5, 0.6) is 5.75 Å². The highest BCUT2D eigenvalue weighted by molar-refractivity contribution is 9.10. The van der Waals surface area contributed by atoms with E-state index in [0.717, 1.165) is 22.8 Å². The van der Waals surface area contributed by atoms with Crippen molar-refractivity contribution in [3.63, 3.8) is 0 Å². The fourth-order valence-corrected chi connectivity index (χ4v) is 7.69. The average molecular weight is 571 g/mol. The van der Waals surface area contributed by atoms with Crippen molar-refractivity contribution in [2.75, 3.05) is 42.9 Å². The van der Waals surface area contributed by atoms with Gasteiger partial charge in [0, 0.05) is 37.4 Å². The van der Waals surface area contributed by atoms with Crippen LogP contribution in [0.2, 0.25) is 4.34 Å². The number of para-hydroxylation sites is 2. The van der Waals surface area contributed by atoms with E-state index in [0.29, 0.717) is 46.2 Å². The van der Waals surface area contributed by atoms with Crippen molar-refractivity contribution in [1.29, 1.82) is 0 Å². The molecular weight excluding hydrogens is 550 g/mol. The van der Waals surface area contributed by atoms with Crippen molar-refractivity contribution >= 4 is 66.2 Å². The summed E-state index contributed by atoms with van der Waals surface area (Å²) >= 11 is 10.1. The van der Waals surface area contributed by atoms with E-state index in [-0.39, 0.29) is 10.1 Å². The Morgan fingerprint density at radius 2 is 1.76 bits per heavy atom. The minimum atomic E-state index is -3.79. The Balaban J connectivity index is 1.39. The van der Waals surface area contributed by atoms with E-state index in [2.05, 4.69) is 25.6 Å². The van der Waals surface area contributed by atoms with E-state index in [1.165, 1.54) is 6.07 Å². The Morgan fingerprint density at radius 1 is 1.09 bits per heavy atom. The molecule has 2 aromatic carbocycles. The fraction of sp³-hybridized carbons (Fsp3) is 0.227. The van der Waals surface area contributed by atoms with Gasteiger partial charge in [0.2, 0.25) is 0 Å². The summed E-state index contributed by atoms with van der Waals surface area (Å²) in [6.07, 6.45) is 0. The Kier molecular flexibility index (Phi) is 7.18. The van der Waals surface area contributed by atoms with Crippen molar-refractivity contribution in [3.8, 4) is 5.75 Å². The summed E-state index contributed by atoms with van der Waals surface area (Å²) < 4.78 is 34.1. The van der Waals surface area contributed by atoms with Crippen molar-refractivity contribution in [3.05, 3.63) is 69.0 Å². The molecule has 0 saturated carbocycles. The summed E-state index contributed by atoms with van der Waals surface area (Å²) in [5.74, 6) is 0.726. The van der Waals surface area contributed by atoms with E-state index in [9.17, 15) is 13.2 Å². The van der Waals surface area contributed by atoms with E-state index >= 15 is 0 Å². The van der Waals surface area contributed by atoms with Crippen molar-refractivity contribution in [2.24, 2.45) is 0 Å². The molecule has 0 radical (unpaired) electrons. The molecule has 2 heterocycles. The first kappa shape index (κ1) is 23.9. The molecule has 0 bridgehead atoms. The fourth-order valence-electron chi connectivity index (χ4n) is 3.61. The molecule has 1 saturated heterocycles. The first-order valence-corrected chi connectivity index (χ1v) is 13.5. The first-order chi connectivity index (χ1) is 15.8. The molecular formula is C22H21BrClN3O4S2. The Bertz CT molecular complexity index is 1260. The zero-order valence-corrected chi connectivity index (χ0v) is 21.6. The van der Waals surface area contributed by atoms with Gasteiger partial charge in [-0.25, -0.2) is 8.42 Å². The average Bonchev–Trinajstić information content (AvgIpc) is 3.18. The number of hydrogen-bond acceptors (Lipinski definition) is 6. The van der Waals surface area contributed by atoms with E-state index in [4.69, 9.17) is 16.3 Å². The number of halogens is 2. The second-order valence-corrected chi connectivity index (χ2v) is 11.7. The second-order valence-electron chi connectivity index (χ2n) is 7.32. The van der Waals surface area contributed by atoms with Crippen molar-refractivity contribution < 1.29 is 17.9 Å². The third kappa shape index (κ3) is 5.29. The van der Waals surface area contributed by atoms with Crippen LogP contribution in [-0.4, -0.2) is 52.5 Å². The lowest BCUT2D eigenvalue weighted by Gasteiger charge is -2.36. The number of benzene rings is 2. The lowest BCUT2D eigenvalue weighted by Crippen LogP contribution is -2.48. The Hall–Kier alpha value is -2.27. The molecule has 0 atom stereocenters. The van der Waals surface area contributed by atoms with Gasteiger partial charge in [0.15, 0.2) is 4.21 Å². The second kappa shape index (κ2) is 9.92. The molecule has 0 unspecified atom stereocenters. The quantitative estimate of drug-likeness (QED) is 0.454. The lowest BCUT2D eigenvalue weighted by molar-refractivity contribution is 0.0746. The molecule has 174 valence electrons. The molecule has 4 rings (SSSR count). The van der Waals surface area contributed by atoms with Crippen molar-refractivity contribution in [2.45, 2.75) is 4.21 Å². The van der Waals surface area contributed by atoms with Crippen LogP contribution in [0.3, 0.4) is 0 Å². The predicted molar refractivity (Wildman–Crippen MR) is 135 cm³/mol. The van der Waals surface area contributed by atoms with Crippen molar-refractivity contribution in [1.82, 2.24) is 4.90 Å². The van der Waals surface area contributed by atoms with Crippen LogP contribution < -0.4 is 14.4 Å². The number of nitrogens with zero attached hydrogens (tertiary/aromatic N) is 2. The minimum absolute atomic E-state index is 0.0862. The van der Waals surface area contributed by atoms with Crippen LogP contribution in [0.15, 0.2) is 63.3 Å². The monoisotopic (exact) mass is 569 g/mol. The van der Waals surface area contributed by atoms with Gasteiger partial charge in [0.1, 0.15) is 5.75 Å². The molecule has 1 aromatic heterocycles. The molecule has 3 aromatic rings. The molecule has 7 nitrogen and oxygen atoms in total. The van der Waals surface area contributed by atoms with Gasteiger partial charge in [-0.2, -0.15) is 0 Å². The Labute approximate surface area is 210 Å². The van der Waals surface area contributed by atoms with Crippen LogP contribution in [0.4, 0.5) is 11.4 Å². The summed E-state index contributed by atoms with van der Waals surface area (Å²) in [5, 5.41) is 0. The summed E-state index contributed by atoms with van der Waals surface area (Å²) in [5.41, 5.74) is 1.88. The number of hydrogen-bond donors (Lipinski definition) is 1. The van der Waals surface area contributed by atoms with Gasteiger partial charge in [0.25, 0.3) is 15.9 Å². The number of rotatable bonds is 6. The van der Waals surface area contributed by atoms with Crippen LogP contribution >= 0.6 is 38.9 Å². The molecule has 1 N–H and O–H groups in total. The van der Waals surface area contributed by atoms with Crippen LogP contribution in [0, 0.1) is 0 Å². The maximum Gasteiger partial charge on any atom is 0.272 e.